The Morgan fingerprint density at radius 3 is 2.12 bits per heavy atom. The summed E-state index contributed by atoms with van der Waals surface area (Å²) in [5, 5.41) is 0. The molecule has 0 N–H and O–H groups in total. The Bertz CT molecular complexity index is 400. The van der Waals surface area contributed by atoms with E-state index in [0.29, 0.717) is 6.61 Å². The topological polar surface area (TPSA) is 52.6 Å². The number of cyclic esters (lactones) is 1. The molecule has 0 fully saturated rings. The molecule has 0 aromatic carbocycles. The molecule has 24 heavy (non-hydrogen) atoms. The van der Waals surface area contributed by atoms with Crippen LogP contribution < -0.4 is 0 Å². The molecule has 0 bridgehead atoms. The number of hydrogen-bond acceptors (Lipinski definition) is 4. The molecule has 0 aromatic rings. The van der Waals surface area contributed by atoms with E-state index in [0.717, 1.165) is 24.8 Å². The zero-order valence-corrected chi connectivity index (χ0v) is 15.5. The van der Waals surface area contributed by atoms with Crippen molar-refractivity contribution in [3.05, 3.63) is 11.6 Å². The number of rotatable bonds is 14. The molecule has 1 aliphatic rings. The van der Waals surface area contributed by atoms with Crippen molar-refractivity contribution in [1.29, 1.82) is 0 Å². The first kappa shape index (κ1) is 20.7. The van der Waals surface area contributed by atoms with Crippen LogP contribution in [0.4, 0.5) is 0 Å². The standard InChI is InChI=1S/C20H34O4/c1-3-5-6-7-8-9-10-11-12-13-14-18(20(22)23-4-2)17-15-19(21)24-16-17/h15,18H,3-14,16H2,1-2H3. The first-order chi connectivity index (χ1) is 11.7. The summed E-state index contributed by atoms with van der Waals surface area (Å²) in [5.74, 6) is -0.884. The van der Waals surface area contributed by atoms with Gasteiger partial charge in [0.25, 0.3) is 0 Å². The Kier molecular flexibility index (Phi) is 11.2. The molecule has 0 spiro atoms. The summed E-state index contributed by atoms with van der Waals surface area (Å²) in [4.78, 5) is 23.3. The van der Waals surface area contributed by atoms with Gasteiger partial charge in [-0.2, -0.15) is 0 Å². The van der Waals surface area contributed by atoms with E-state index in [2.05, 4.69) is 6.92 Å². The smallest absolute Gasteiger partial charge is 0.331 e. The first-order valence-electron chi connectivity index (χ1n) is 9.72. The minimum absolute atomic E-state index is 0.224. The Hall–Kier alpha value is -1.32. The summed E-state index contributed by atoms with van der Waals surface area (Å²) in [6.45, 7) is 4.66. The van der Waals surface area contributed by atoms with Crippen molar-refractivity contribution >= 4 is 11.9 Å². The van der Waals surface area contributed by atoms with Gasteiger partial charge in [0.1, 0.15) is 6.61 Å². The molecule has 1 aliphatic heterocycles. The van der Waals surface area contributed by atoms with Crippen molar-refractivity contribution in [3.63, 3.8) is 0 Å². The van der Waals surface area contributed by atoms with Gasteiger partial charge in [-0.05, 0) is 18.9 Å². The molecule has 0 saturated heterocycles. The highest BCUT2D eigenvalue weighted by Crippen LogP contribution is 2.24. The third-order valence-electron chi connectivity index (χ3n) is 4.55. The SMILES string of the molecule is CCCCCCCCCCCCC(C(=O)OCC)C1=CC(=O)OC1. The monoisotopic (exact) mass is 338 g/mol. The van der Waals surface area contributed by atoms with Gasteiger partial charge < -0.3 is 9.47 Å². The molecule has 4 nitrogen and oxygen atoms in total. The molecule has 1 rings (SSSR count). The third kappa shape index (κ3) is 8.51. The summed E-state index contributed by atoms with van der Waals surface area (Å²) in [6.07, 6.45) is 14.9. The molecule has 0 aliphatic carbocycles. The Labute approximate surface area is 147 Å². The molecule has 0 radical (unpaired) electrons. The lowest BCUT2D eigenvalue weighted by molar-refractivity contribution is -0.147. The Balaban J connectivity index is 2.18. The van der Waals surface area contributed by atoms with Gasteiger partial charge in [-0.1, -0.05) is 71.1 Å². The van der Waals surface area contributed by atoms with E-state index in [4.69, 9.17) is 9.47 Å². The van der Waals surface area contributed by atoms with Crippen LogP contribution in [0.2, 0.25) is 0 Å². The van der Waals surface area contributed by atoms with Crippen LogP contribution in [0.15, 0.2) is 11.6 Å². The number of carbonyl (C=O) groups is 2. The van der Waals surface area contributed by atoms with Crippen LogP contribution in [0.5, 0.6) is 0 Å². The van der Waals surface area contributed by atoms with E-state index in [9.17, 15) is 9.59 Å². The predicted molar refractivity (Wildman–Crippen MR) is 95.6 cm³/mol. The maximum atomic E-state index is 12.1. The normalized spacial score (nSPS) is 15.1. The molecule has 138 valence electrons. The number of unbranched alkanes of at least 4 members (excludes halogenated alkanes) is 9. The van der Waals surface area contributed by atoms with Gasteiger partial charge in [0, 0.05) is 6.08 Å². The van der Waals surface area contributed by atoms with Gasteiger partial charge in [0.15, 0.2) is 0 Å². The van der Waals surface area contributed by atoms with Gasteiger partial charge in [0.2, 0.25) is 0 Å². The molecule has 0 aromatic heterocycles. The van der Waals surface area contributed by atoms with Crippen LogP contribution in [0.3, 0.4) is 0 Å². The minimum atomic E-state index is -0.345. The van der Waals surface area contributed by atoms with Crippen LogP contribution in [-0.4, -0.2) is 25.2 Å². The summed E-state index contributed by atoms with van der Waals surface area (Å²) in [6, 6.07) is 0. The van der Waals surface area contributed by atoms with Crippen molar-refractivity contribution in [3.8, 4) is 0 Å². The van der Waals surface area contributed by atoms with Crippen LogP contribution in [0.1, 0.15) is 84.5 Å². The van der Waals surface area contributed by atoms with Gasteiger partial charge in [-0.15, -0.1) is 0 Å². The third-order valence-corrected chi connectivity index (χ3v) is 4.55. The Morgan fingerprint density at radius 2 is 1.62 bits per heavy atom. The fourth-order valence-electron chi connectivity index (χ4n) is 3.12. The van der Waals surface area contributed by atoms with Crippen LogP contribution >= 0.6 is 0 Å². The number of ether oxygens (including phenoxy) is 2. The first-order valence-corrected chi connectivity index (χ1v) is 9.72. The fourth-order valence-corrected chi connectivity index (χ4v) is 3.12. The maximum Gasteiger partial charge on any atom is 0.331 e. The second-order valence-corrected chi connectivity index (χ2v) is 6.60. The van der Waals surface area contributed by atoms with E-state index in [1.165, 1.54) is 57.4 Å². The Morgan fingerprint density at radius 1 is 1.04 bits per heavy atom. The van der Waals surface area contributed by atoms with Gasteiger partial charge in [0.05, 0.1) is 12.5 Å². The molecule has 4 heteroatoms. The van der Waals surface area contributed by atoms with Crippen LogP contribution in [-0.2, 0) is 19.1 Å². The summed E-state index contributed by atoms with van der Waals surface area (Å²) >= 11 is 0. The van der Waals surface area contributed by atoms with Gasteiger partial charge in [-0.25, -0.2) is 4.79 Å². The molecule has 1 unspecified atom stereocenters. The van der Waals surface area contributed by atoms with E-state index >= 15 is 0 Å². The number of hydrogen-bond donors (Lipinski definition) is 0. The highest BCUT2D eigenvalue weighted by atomic mass is 16.5. The lowest BCUT2D eigenvalue weighted by Crippen LogP contribution is -2.21. The summed E-state index contributed by atoms with van der Waals surface area (Å²) < 4.78 is 10.1. The molecule has 0 saturated carbocycles. The van der Waals surface area contributed by atoms with E-state index in [-0.39, 0.29) is 24.5 Å². The molecule has 0 amide bonds. The fraction of sp³-hybridized carbons (Fsp3) is 0.800. The second kappa shape index (κ2) is 13.0. The quantitative estimate of drug-likeness (QED) is 0.332. The highest BCUT2D eigenvalue weighted by Gasteiger charge is 2.28. The second-order valence-electron chi connectivity index (χ2n) is 6.60. The van der Waals surface area contributed by atoms with E-state index in [1.807, 2.05) is 0 Å². The van der Waals surface area contributed by atoms with Crippen LogP contribution in [0, 0.1) is 5.92 Å². The van der Waals surface area contributed by atoms with E-state index < -0.39 is 0 Å². The molecular formula is C20H34O4. The average Bonchev–Trinajstić information content (AvgIpc) is 2.99. The van der Waals surface area contributed by atoms with E-state index in [1.54, 1.807) is 6.92 Å². The largest absolute Gasteiger partial charge is 0.466 e. The molecule has 1 heterocycles. The summed E-state index contributed by atoms with van der Waals surface area (Å²) in [5.41, 5.74) is 0.773. The lowest BCUT2D eigenvalue weighted by Gasteiger charge is -2.15. The number of esters is 2. The van der Waals surface area contributed by atoms with Crippen molar-refractivity contribution in [2.75, 3.05) is 13.2 Å². The zero-order chi connectivity index (χ0) is 17.6. The predicted octanol–water partition coefficient (Wildman–Crippen LogP) is 4.96. The van der Waals surface area contributed by atoms with Crippen molar-refractivity contribution in [2.24, 2.45) is 5.92 Å². The van der Waals surface area contributed by atoms with Crippen LogP contribution in [0.25, 0.3) is 0 Å². The molecule has 1 atom stereocenters. The van der Waals surface area contributed by atoms with Crippen molar-refractivity contribution in [1.82, 2.24) is 0 Å². The molecular weight excluding hydrogens is 304 g/mol. The minimum Gasteiger partial charge on any atom is -0.466 e. The lowest BCUT2D eigenvalue weighted by atomic mass is 9.93. The van der Waals surface area contributed by atoms with Gasteiger partial charge in [-0.3, -0.25) is 4.79 Å². The summed E-state index contributed by atoms with van der Waals surface area (Å²) in [7, 11) is 0. The van der Waals surface area contributed by atoms with Crippen molar-refractivity contribution in [2.45, 2.75) is 84.5 Å². The van der Waals surface area contributed by atoms with Crippen molar-refractivity contribution < 1.29 is 19.1 Å². The maximum absolute atomic E-state index is 12.1. The zero-order valence-electron chi connectivity index (χ0n) is 15.5. The highest BCUT2D eigenvalue weighted by molar-refractivity contribution is 5.88. The number of carbonyl (C=O) groups excluding carboxylic acids is 2. The average molecular weight is 338 g/mol. The van der Waals surface area contributed by atoms with Gasteiger partial charge >= 0.3 is 11.9 Å².